The lowest BCUT2D eigenvalue weighted by molar-refractivity contribution is -0.164. The molecule has 0 spiro atoms. The first kappa shape index (κ1) is 18.9. The van der Waals surface area contributed by atoms with Crippen LogP contribution < -0.4 is 0 Å². The zero-order chi connectivity index (χ0) is 15.2. The number of ether oxygens (including phenoxy) is 1. The molecule has 0 radical (unpaired) electrons. The van der Waals surface area contributed by atoms with Crippen molar-refractivity contribution in [2.45, 2.75) is 83.8 Å². The van der Waals surface area contributed by atoms with Gasteiger partial charge in [-0.05, 0) is 19.8 Å². The van der Waals surface area contributed by atoms with Crippen molar-refractivity contribution >= 4 is 11.9 Å². The highest BCUT2D eigenvalue weighted by atomic mass is 16.6. The first-order valence-electron chi connectivity index (χ1n) is 7.61. The third kappa shape index (κ3) is 15.0. The highest BCUT2D eigenvalue weighted by Crippen LogP contribution is 2.11. The van der Waals surface area contributed by atoms with Crippen LogP contribution in [0.4, 0.5) is 0 Å². The third-order valence-corrected chi connectivity index (χ3v) is 3.07. The number of unbranched alkanes of at least 4 members (excludes halogenated alkanes) is 8. The number of hydrogen-bond donors (Lipinski definition) is 2. The summed E-state index contributed by atoms with van der Waals surface area (Å²) in [5.74, 6) is -1.04. The van der Waals surface area contributed by atoms with Crippen LogP contribution in [0, 0.1) is 0 Å². The molecular formula is C15H28O5. The van der Waals surface area contributed by atoms with Gasteiger partial charge in [-0.2, -0.15) is 0 Å². The van der Waals surface area contributed by atoms with Crippen molar-refractivity contribution in [3.63, 3.8) is 0 Å². The van der Waals surface area contributed by atoms with Crippen LogP contribution in [-0.4, -0.2) is 28.4 Å². The number of hydrogen-bond acceptors (Lipinski definition) is 4. The summed E-state index contributed by atoms with van der Waals surface area (Å²) in [5.41, 5.74) is 0. The zero-order valence-corrected chi connectivity index (χ0v) is 12.5. The van der Waals surface area contributed by atoms with E-state index in [0.29, 0.717) is 6.42 Å². The van der Waals surface area contributed by atoms with Crippen molar-refractivity contribution in [3.05, 3.63) is 0 Å². The summed E-state index contributed by atoms with van der Waals surface area (Å²) in [6, 6.07) is 0. The van der Waals surface area contributed by atoms with Gasteiger partial charge in [0.05, 0.1) is 0 Å². The van der Waals surface area contributed by atoms with Gasteiger partial charge < -0.3 is 14.9 Å². The summed E-state index contributed by atoms with van der Waals surface area (Å²) in [5, 5.41) is 17.3. The molecule has 0 saturated carbocycles. The number of carbonyl (C=O) groups is 2. The second kappa shape index (κ2) is 12.9. The Balaban J connectivity index is 3.13. The molecule has 0 aliphatic rings. The molecule has 0 saturated heterocycles. The molecule has 1 atom stereocenters. The lowest BCUT2D eigenvalue weighted by Gasteiger charge is -2.06. The molecule has 5 nitrogen and oxygen atoms in total. The first-order valence-corrected chi connectivity index (χ1v) is 7.61. The Morgan fingerprint density at radius 3 is 1.65 bits per heavy atom. The largest absolute Gasteiger partial charge is 0.481 e. The molecular weight excluding hydrogens is 260 g/mol. The van der Waals surface area contributed by atoms with Crippen molar-refractivity contribution in [1.29, 1.82) is 0 Å². The number of aliphatic hydroxyl groups excluding tert-OH is 1. The fraction of sp³-hybridized carbons (Fsp3) is 0.867. The molecule has 0 aliphatic heterocycles. The van der Waals surface area contributed by atoms with Crippen LogP contribution in [0.3, 0.4) is 0 Å². The number of aliphatic carboxylic acids is 1. The van der Waals surface area contributed by atoms with E-state index < -0.39 is 12.3 Å². The van der Waals surface area contributed by atoms with E-state index in [9.17, 15) is 9.59 Å². The summed E-state index contributed by atoms with van der Waals surface area (Å²) < 4.78 is 4.62. The van der Waals surface area contributed by atoms with E-state index in [1.54, 1.807) is 0 Å². The molecule has 0 bridgehead atoms. The Labute approximate surface area is 121 Å². The van der Waals surface area contributed by atoms with Crippen LogP contribution in [0.5, 0.6) is 0 Å². The molecule has 0 rings (SSSR count). The van der Waals surface area contributed by atoms with E-state index in [-0.39, 0.29) is 12.4 Å². The number of rotatable bonds is 13. The van der Waals surface area contributed by atoms with Crippen LogP contribution in [0.1, 0.15) is 77.6 Å². The third-order valence-electron chi connectivity index (χ3n) is 3.07. The van der Waals surface area contributed by atoms with Gasteiger partial charge in [0, 0.05) is 12.8 Å². The Morgan fingerprint density at radius 2 is 1.25 bits per heavy atom. The maximum atomic E-state index is 11.1. The molecule has 0 aromatic rings. The summed E-state index contributed by atoms with van der Waals surface area (Å²) in [6.45, 7) is 1.42. The van der Waals surface area contributed by atoms with Crippen molar-refractivity contribution in [2.75, 3.05) is 0 Å². The molecule has 1 unspecified atom stereocenters. The zero-order valence-electron chi connectivity index (χ0n) is 12.5. The predicted molar refractivity (Wildman–Crippen MR) is 76.2 cm³/mol. The van der Waals surface area contributed by atoms with Crippen LogP contribution >= 0.6 is 0 Å². The van der Waals surface area contributed by atoms with Gasteiger partial charge in [0.1, 0.15) is 0 Å². The van der Waals surface area contributed by atoms with Crippen molar-refractivity contribution in [1.82, 2.24) is 0 Å². The maximum absolute atomic E-state index is 11.1. The molecule has 5 heteroatoms. The average Bonchev–Trinajstić information content (AvgIpc) is 2.34. The average molecular weight is 288 g/mol. The minimum atomic E-state index is -1.01. The van der Waals surface area contributed by atoms with Crippen molar-refractivity contribution < 1.29 is 24.5 Å². The molecule has 0 heterocycles. The van der Waals surface area contributed by atoms with Gasteiger partial charge in [-0.25, -0.2) is 0 Å². The fourth-order valence-corrected chi connectivity index (χ4v) is 2.03. The summed E-state index contributed by atoms with van der Waals surface area (Å²) in [6.07, 6.45) is 8.94. The van der Waals surface area contributed by atoms with Gasteiger partial charge in [0.2, 0.25) is 0 Å². The monoisotopic (exact) mass is 288 g/mol. The Hall–Kier alpha value is -1.10. The smallest absolute Gasteiger partial charge is 0.308 e. The Morgan fingerprint density at radius 1 is 0.850 bits per heavy atom. The summed E-state index contributed by atoms with van der Waals surface area (Å²) in [7, 11) is 0. The normalized spacial score (nSPS) is 12.1. The van der Waals surface area contributed by atoms with Gasteiger partial charge in [0.15, 0.2) is 6.29 Å². The minimum absolute atomic E-state index is 0.280. The first-order chi connectivity index (χ1) is 9.52. The van der Waals surface area contributed by atoms with E-state index in [2.05, 4.69) is 4.74 Å². The lowest BCUT2D eigenvalue weighted by atomic mass is 10.1. The van der Waals surface area contributed by atoms with E-state index in [1.807, 2.05) is 0 Å². The molecule has 0 aromatic heterocycles. The highest BCUT2D eigenvalue weighted by Gasteiger charge is 2.05. The predicted octanol–water partition coefficient (Wildman–Crippen LogP) is 3.24. The minimum Gasteiger partial charge on any atom is -0.481 e. The van der Waals surface area contributed by atoms with Crippen molar-refractivity contribution in [3.8, 4) is 0 Å². The number of esters is 1. The number of carbonyl (C=O) groups excluding carboxylic acids is 1. The second-order valence-corrected chi connectivity index (χ2v) is 5.16. The number of carboxylic acids is 1. The topological polar surface area (TPSA) is 83.8 Å². The number of carboxylic acid groups (broad SMARTS) is 1. The molecule has 0 amide bonds. The molecule has 0 aromatic carbocycles. The van der Waals surface area contributed by atoms with Gasteiger partial charge in [0.25, 0.3) is 0 Å². The van der Waals surface area contributed by atoms with Crippen molar-refractivity contribution in [2.24, 2.45) is 0 Å². The fourth-order valence-electron chi connectivity index (χ4n) is 2.03. The summed E-state index contributed by atoms with van der Waals surface area (Å²) >= 11 is 0. The molecule has 20 heavy (non-hydrogen) atoms. The molecule has 2 N–H and O–H groups in total. The molecule has 0 fully saturated rings. The van der Waals surface area contributed by atoms with Crippen LogP contribution in [0.2, 0.25) is 0 Å². The summed E-state index contributed by atoms with van der Waals surface area (Å²) in [4.78, 5) is 21.4. The van der Waals surface area contributed by atoms with Crippen LogP contribution in [0.15, 0.2) is 0 Å². The standard InChI is InChI=1S/C15H28O5/c1-13(16)20-15(19)12-10-8-6-4-2-3-5-7-9-11-14(17)18/h13,16H,2-12H2,1H3,(H,17,18). The van der Waals surface area contributed by atoms with Crippen LogP contribution in [0.25, 0.3) is 0 Å². The van der Waals surface area contributed by atoms with E-state index in [1.165, 1.54) is 13.3 Å². The molecule has 118 valence electrons. The van der Waals surface area contributed by atoms with Gasteiger partial charge in [-0.15, -0.1) is 0 Å². The Kier molecular flexibility index (Phi) is 12.2. The number of aliphatic hydroxyl groups is 1. The van der Waals surface area contributed by atoms with E-state index >= 15 is 0 Å². The SMILES string of the molecule is CC(O)OC(=O)CCCCCCCCCCCC(=O)O. The highest BCUT2D eigenvalue weighted by molar-refractivity contribution is 5.69. The van der Waals surface area contributed by atoms with E-state index in [4.69, 9.17) is 10.2 Å². The van der Waals surface area contributed by atoms with Gasteiger partial charge >= 0.3 is 11.9 Å². The second-order valence-electron chi connectivity index (χ2n) is 5.16. The Bertz CT molecular complexity index is 263. The van der Waals surface area contributed by atoms with Gasteiger partial charge in [-0.1, -0.05) is 44.9 Å². The van der Waals surface area contributed by atoms with Gasteiger partial charge in [-0.3, -0.25) is 9.59 Å². The lowest BCUT2D eigenvalue weighted by Crippen LogP contribution is -2.13. The van der Waals surface area contributed by atoms with E-state index in [0.717, 1.165) is 51.4 Å². The quantitative estimate of drug-likeness (QED) is 0.309. The molecule has 0 aliphatic carbocycles. The maximum Gasteiger partial charge on any atom is 0.308 e. The van der Waals surface area contributed by atoms with Crippen LogP contribution in [-0.2, 0) is 14.3 Å².